The van der Waals surface area contributed by atoms with Crippen LogP contribution in [0.15, 0.2) is 41.7 Å². The second-order valence-electron chi connectivity index (χ2n) is 6.40. The van der Waals surface area contributed by atoms with Crippen LogP contribution in [0.2, 0.25) is 0 Å². The van der Waals surface area contributed by atoms with Gasteiger partial charge in [-0.2, -0.15) is 5.10 Å². The molecule has 1 aromatic carbocycles. The maximum Gasteiger partial charge on any atom is 0.191 e. The quantitative estimate of drug-likeness (QED) is 0.510. The molecule has 142 valence electrons. The molecular formula is C19H26N8. The third-order valence-corrected chi connectivity index (χ3v) is 4.22. The van der Waals surface area contributed by atoms with Crippen LogP contribution >= 0.6 is 0 Å². The van der Waals surface area contributed by atoms with Crippen molar-refractivity contribution in [1.29, 1.82) is 0 Å². The van der Waals surface area contributed by atoms with Crippen molar-refractivity contribution in [3.8, 4) is 0 Å². The van der Waals surface area contributed by atoms with Gasteiger partial charge in [-0.15, -0.1) is 0 Å². The fraction of sp³-hybridized carbons (Fsp3) is 0.368. The third-order valence-electron chi connectivity index (χ3n) is 4.22. The van der Waals surface area contributed by atoms with Crippen LogP contribution in [0.25, 0.3) is 10.9 Å². The number of rotatable bonds is 6. The molecule has 0 radical (unpaired) electrons. The molecule has 0 bridgehead atoms. The van der Waals surface area contributed by atoms with Crippen LogP contribution in [-0.4, -0.2) is 46.3 Å². The van der Waals surface area contributed by atoms with Crippen LogP contribution < -0.4 is 15.5 Å². The van der Waals surface area contributed by atoms with Crippen molar-refractivity contribution < 1.29 is 0 Å². The number of guanidine groups is 1. The van der Waals surface area contributed by atoms with Crippen LogP contribution in [0.4, 0.5) is 5.82 Å². The number of nitrogens with zero attached hydrogens (tertiary/aromatic N) is 6. The predicted octanol–water partition coefficient (Wildman–Crippen LogP) is 1.68. The molecule has 0 spiro atoms. The topological polar surface area (TPSA) is 83.3 Å². The summed E-state index contributed by atoms with van der Waals surface area (Å²) < 4.78 is 1.75. The summed E-state index contributed by atoms with van der Waals surface area (Å²) in [6.45, 7) is 3.94. The molecule has 0 atom stereocenters. The molecule has 0 saturated heterocycles. The van der Waals surface area contributed by atoms with Gasteiger partial charge in [-0.1, -0.05) is 18.2 Å². The second kappa shape index (κ2) is 8.48. The van der Waals surface area contributed by atoms with Crippen molar-refractivity contribution in [2.45, 2.75) is 20.0 Å². The predicted molar refractivity (Wildman–Crippen MR) is 109 cm³/mol. The van der Waals surface area contributed by atoms with Gasteiger partial charge in [-0.05, 0) is 24.6 Å². The Hall–Kier alpha value is -3.16. The Kier molecular flexibility index (Phi) is 5.85. The molecule has 2 aromatic heterocycles. The van der Waals surface area contributed by atoms with Gasteiger partial charge in [0.05, 0.1) is 18.6 Å². The Labute approximate surface area is 159 Å². The molecule has 8 heteroatoms. The van der Waals surface area contributed by atoms with Crippen LogP contribution in [-0.2, 0) is 20.1 Å². The highest BCUT2D eigenvalue weighted by Gasteiger charge is 2.08. The van der Waals surface area contributed by atoms with E-state index in [0.29, 0.717) is 13.1 Å². The van der Waals surface area contributed by atoms with Crippen LogP contribution in [0.5, 0.6) is 0 Å². The molecule has 3 rings (SSSR count). The van der Waals surface area contributed by atoms with Crippen LogP contribution in [0.3, 0.4) is 0 Å². The SMILES string of the molecule is CCNC(=NCc1cc(N(C)C)nc2ccccc12)NCc1ncnn1C. The van der Waals surface area contributed by atoms with Gasteiger partial charge in [-0.3, -0.25) is 4.68 Å². The van der Waals surface area contributed by atoms with Gasteiger partial charge in [0.1, 0.15) is 18.0 Å². The number of nitrogens with one attached hydrogen (secondary N) is 2. The molecular weight excluding hydrogens is 340 g/mol. The molecule has 0 unspecified atom stereocenters. The molecule has 0 aliphatic heterocycles. The van der Waals surface area contributed by atoms with Gasteiger partial charge < -0.3 is 15.5 Å². The lowest BCUT2D eigenvalue weighted by molar-refractivity contribution is 0.673. The first-order valence-electron chi connectivity index (χ1n) is 8.99. The van der Waals surface area contributed by atoms with E-state index >= 15 is 0 Å². The maximum atomic E-state index is 4.75. The lowest BCUT2D eigenvalue weighted by atomic mass is 10.1. The third kappa shape index (κ3) is 4.52. The Morgan fingerprint density at radius 2 is 2.04 bits per heavy atom. The zero-order valence-corrected chi connectivity index (χ0v) is 16.3. The minimum Gasteiger partial charge on any atom is -0.363 e. The first-order chi connectivity index (χ1) is 13.1. The summed E-state index contributed by atoms with van der Waals surface area (Å²) in [5, 5.41) is 11.8. The fourth-order valence-corrected chi connectivity index (χ4v) is 2.74. The molecule has 0 amide bonds. The second-order valence-corrected chi connectivity index (χ2v) is 6.40. The van der Waals surface area contributed by atoms with Crippen molar-refractivity contribution in [2.75, 3.05) is 25.5 Å². The molecule has 2 heterocycles. The molecule has 0 saturated carbocycles. The summed E-state index contributed by atoms with van der Waals surface area (Å²) in [5.41, 5.74) is 2.12. The summed E-state index contributed by atoms with van der Waals surface area (Å²) in [6.07, 6.45) is 1.55. The van der Waals surface area contributed by atoms with Gasteiger partial charge in [0.15, 0.2) is 5.96 Å². The zero-order valence-electron chi connectivity index (χ0n) is 16.3. The van der Waals surface area contributed by atoms with Gasteiger partial charge >= 0.3 is 0 Å². The number of aliphatic imine (C=N–C) groups is 1. The van der Waals surface area contributed by atoms with E-state index in [1.807, 2.05) is 51.2 Å². The van der Waals surface area contributed by atoms with E-state index in [-0.39, 0.29) is 0 Å². The molecule has 0 aliphatic rings. The molecule has 0 aliphatic carbocycles. The Morgan fingerprint density at radius 1 is 1.22 bits per heavy atom. The smallest absolute Gasteiger partial charge is 0.191 e. The van der Waals surface area contributed by atoms with Crippen molar-refractivity contribution in [1.82, 2.24) is 30.4 Å². The normalized spacial score (nSPS) is 11.6. The largest absolute Gasteiger partial charge is 0.363 e. The van der Waals surface area contributed by atoms with E-state index in [1.165, 1.54) is 0 Å². The minimum absolute atomic E-state index is 0.554. The monoisotopic (exact) mass is 366 g/mol. The van der Waals surface area contributed by atoms with Crippen molar-refractivity contribution >= 4 is 22.7 Å². The van der Waals surface area contributed by atoms with E-state index in [2.05, 4.69) is 32.8 Å². The number of aromatic nitrogens is 4. The van der Waals surface area contributed by atoms with E-state index in [9.17, 15) is 0 Å². The number of hydrogen-bond acceptors (Lipinski definition) is 5. The van der Waals surface area contributed by atoms with Gasteiger partial charge in [0, 0.05) is 33.1 Å². The van der Waals surface area contributed by atoms with E-state index in [0.717, 1.165) is 40.6 Å². The van der Waals surface area contributed by atoms with Crippen molar-refractivity contribution in [3.05, 3.63) is 48.0 Å². The highest BCUT2D eigenvalue weighted by molar-refractivity contribution is 5.85. The van der Waals surface area contributed by atoms with Gasteiger partial charge in [0.2, 0.25) is 0 Å². The number of aryl methyl sites for hydroxylation is 1. The minimum atomic E-state index is 0.554. The number of fused-ring (bicyclic) bond motifs is 1. The Bertz CT molecular complexity index is 928. The van der Waals surface area contributed by atoms with Gasteiger partial charge in [-0.25, -0.2) is 15.0 Å². The summed E-state index contributed by atoms with van der Waals surface area (Å²) in [4.78, 5) is 15.7. The first kappa shape index (κ1) is 18.6. The van der Waals surface area contributed by atoms with Crippen molar-refractivity contribution in [3.63, 3.8) is 0 Å². The number of pyridine rings is 1. The zero-order chi connectivity index (χ0) is 19.2. The molecule has 8 nitrogen and oxygen atoms in total. The average molecular weight is 366 g/mol. The van der Waals surface area contributed by atoms with E-state index < -0.39 is 0 Å². The number of hydrogen-bond donors (Lipinski definition) is 2. The molecule has 3 aromatic rings. The highest BCUT2D eigenvalue weighted by atomic mass is 15.3. The Morgan fingerprint density at radius 3 is 2.74 bits per heavy atom. The van der Waals surface area contributed by atoms with E-state index in [4.69, 9.17) is 9.98 Å². The maximum absolute atomic E-state index is 4.75. The van der Waals surface area contributed by atoms with Crippen molar-refractivity contribution in [2.24, 2.45) is 12.0 Å². The lowest BCUT2D eigenvalue weighted by Gasteiger charge is -2.15. The standard InChI is InChI=1S/C19H26N8/c1-5-20-19(22-12-18-23-13-24-27(18)4)21-11-14-10-17(26(2)3)25-16-9-7-6-8-15(14)16/h6-10,13H,5,11-12H2,1-4H3,(H2,20,21,22). The first-order valence-corrected chi connectivity index (χ1v) is 8.99. The Balaban J connectivity index is 1.83. The van der Waals surface area contributed by atoms with Gasteiger partial charge in [0.25, 0.3) is 0 Å². The lowest BCUT2D eigenvalue weighted by Crippen LogP contribution is -2.37. The molecule has 0 fully saturated rings. The van der Waals surface area contributed by atoms with Crippen LogP contribution in [0.1, 0.15) is 18.3 Å². The summed E-state index contributed by atoms with van der Waals surface area (Å²) in [6, 6.07) is 10.3. The number of para-hydroxylation sites is 1. The average Bonchev–Trinajstić information content (AvgIpc) is 3.08. The van der Waals surface area contributed by atoms with Crippen LogP contribution in [0, 0.1) is 0 Å². The molecule has 2 N–H and O–H groups in total. The fourth-order valence-electron chi connectivity index (χ4n) is 2.74. The number of benzene rings is 1. The molecule has 27 heavy (non-hydrogen) atoms. The number of anilines is 1. The summed E-state index contributed by atoms with van der Waals surface area (Å²) >= 11 is 0. The highest BCUT2D eigenvalue weighted by Crippen LogP contribution is 2.22. The van der Waals surface area contributed by atoms with E-state index in [1.54, 1.807) is 11.0 Å². The summed E-state index contributed by atoms with van der Waals surface area (Å²) in [5.74, 6) is 2.52. The summed E-state index contributed by atoms with van der Waals surface area (Å²) in [7, 11) is 5.87.